The number of ether oxygens (including phenoxy) is 3. The van der Waals surface area contributed by atoms with Gasteiger partial charge in [-0.25, -0.2) is 4.98 Å². The number of rotatable bonds is 9. The second-order valence-electron chi connectivity index (χ2n) is 12.8. The summed E-state index contributed by atoms with van der Waals surface area (Å²) in [6, 6.07) is 15.7. The van der Waals surface area contributed by atoms with E-state index in [-0.39, 0.29) is 30.2 Å². The van der Waals surface area contributed by atoms with Crippen molar-refractivity contribution in [1.29, 1.82) is 0 Å². The van der Waals surface area contributed by atoms with Crippen molar-refractivity contribution in [3.8, 4) is 22.8 Å². The average molecular weight is 589 g/mol. The van der Waals surface area contributed by atoms with Gasteiger partial charge in [0.25, 0.3) is 5.91 Å². The fourth-order valence-corrected chi connectivity index (χ4v) is 7.07. The van der Waals surface area contributed by atoms with E-state index in [1.54, 1.807) is 13.4 Å². The smallest absolute Gasteiger partial charge is 0.275 e. The number of aromatic nitrogens is 2. The molecule has 0 bridgehead atoms. The number of piperazine rings is 1. The molecule has 3 heterocycles. The van der Waals surface area contributed by atoms with E-state index in [2.05, 4.69) is 25.2 Å². The molecule has 3 aliphatic rings. The van der Waals surface area contributed by atoms with E-state index >= 15 is 0 Å². The van der Waals surface area contributed by atoms with Crippen molar-refractivity contribution in [2.24, 2.45) is 0 Å². The highest BCUT2D eigenvalue weighted by Gasteiger charge is 2.42. The van der Waals surface area contributed by atoms with Crippen molar-refractivity contribution in [3.05, 3.63) is 66.1 Å². The van der Waals surface area contributed by atoms with Gasteiger partial charge in [0.15, 0.2) is 5.69 Å². The summed E-state index contributed by atoms with van der Waals surface area (Å²) in [7, 11) is 1.62. The Bertz CT molecular complexity index is 1420. The summed E-state index contributed by atoms with van der Waals surface area (Å²) in [5.74, 6) is 1.66. The SMILES string of the molecule is COC[C@]1(O)CCCC[C@H]1n1cnc(C(=O)N2CCNC[C@H]2CCOc2ccc3c(c2)CC(C)(C)O3)c1-c1ccccc1. The van der Waals surface area contributed by atoms with Gasteiger partial charge in [0, 0.05) is 56.8 Å². The fourth-order valence-electron chi connectivity index (χ4n) is 7.07. The van der Waals surface area contributed by atoms with E-state index in [0.717, 1.165) is 60.5 Å². The number of carbonyl (C=O) groups excluding carboxylic acids is 1. The van der Waals surface area contributed by atoms with Gasteiger partial charge in [0.2, 0.25) is 0 Å². The molecule has 3 atom stereocenters. The quantitative estimate of drug-likeness (QED) is 0.376. The number of methoxy groups -OCH3 is 1. The van der Waals surface area contributed by atoms with Crippen molar-refractivity contribution in [1.82, 2.24) is 19.8 Å². The highest BCUT2D eigenvalue weighted by Crippen LogP contribution is 2.41. The van der Waals surface area contributed by atoms with Crippen molar-refractivity contribution >= 4 is 5.91 Å². The van der Waals surface area contributed by atoms with Crippen LogP contribution in [-0.4, -0.2) is 82.7 Å². The van der Waals surface area contributed by atoms with E-state index in [1.807, 2.05) is 51.9 Å². The van der Waals surface area contributed by atoms with Crippen LogP contribution in [0.3, 0.4) is 0 Å². The minimum absolute atomic E-state index is 0.0354. The molecule has 0 radical (unpaired) electrons. The van der Waals surface area contributed by atoms with Crippen molar-refractivity contribution in [3.63, 3.8) is 0 Å². The number of carbonyl (C=O) groups is 1. The number of nitrogens with one attached hydrogen (secondary N) is 1. The van der Waals surface area contributed by atoms with Crippen molar-refractivity contribution in [2.45, 2.75) is 75.7 Å². The number of aliphatic hydroxyl groups is 1. The van der Waals surface area contributed by atoms with E-state index < -0.39 is 5.60 Å². The Hall–Kier alpha value is -3.40. The zero-order chi connectivity index (χ0) is 30.0. The van der Waals surface area contributed by atoms with Crippen LogP contribution in [-0.2, 0) is 11.2 Å². The monoisotopic (exact) mass is 588 g/mol. The summed E-state index contributed by atoms with van der Waals surface area (Å²) in [4.78, 5) is 21.0. The number of hydrogen-bond donors (Lipinski definition) is 2. The lowest BCUT2D eigenvalue weighted by molar-refractivity contribution is -0.0893. The Morgan fingerprint density at radius 3 is 2.84 bits per heavy atom. The summed E-state index contributed by atoms with van der Waals surface area (Å²) < 4.78 is 19.7. The van der Waals surface area contributed by atoms with Crippen molar-refractivity contribution in [2.75, 3.05) is 40.0 Å². The maximum absolute atomic E-state index is 14.3. The minimum atomic E-state index is -1.02. The highest BCUT2D eigenvalue weighted by atomic mass is 16.5. The molecule has 1 saturated carbocycles. The summed E-state index contributed by atoms with van der Waals surface area (Å²) in [6.07, 6.45) is 6.68. The molecule has 230 valence electrons. The van der Waals surface area contributed by atoms with Crippen LogP contribution in [0.15, 0.2) is 54.9 Å². The van der Waals surface area contributed by atoms with Crippen LogP contribution >= 0.6 is 0 Å². The average Bonchev–Trinajstić information content (AvgIpc) is 3.57. The summed E-state index contributed by atoms with van der Waals surface area (Å²) in [6.45, 7) is 6.92. The Morgan fingerprint density at radius 2 is 2.02 bits per heavy atom. The molecule has 1 saturated heterocycles. The number of hydrogen-bond acceptors (Lipinski definition) is 7. The van der Waals surface area contributed by atoms with E-state index in [9.17, 15) is 9.90 Å². The molecule has 9 nitrogen and oxygen atoms in total. The summed E-state index contributed by atoms with van der Waals surface area (Å²) >= 11 is 0. The van der Waals surface area contributed by atoms with E-state index in [4.69, 9.17) is 19.2 Å². The molecule has 1 amide bonds. The lowest BCUT2D eigenvalue weighted by Gasteiger charge is -2.41. The first-order valence-corrected chi connectivity index (χ1v) is 15.6. The maximum Gasteiger partial charge on any atom is 0.275 e. The zero-order valence-electron chi connectivity index (χ0n) is 25.6. The van der Waals surface area contributed by atoms with Gasteiger partial charge < -0.3 is 34.1 Å². The Labute approximate surface area is 254 Å². The Kier molecular flexibility index (Phi) is 8.49. The third-order valence-corrected chi connectivity index (χ3v) is 9.10. The third kappa shape index (κ3) is 6.16. The standard InChI is InChI=1S/C34H44N4O5/c1-33(2)20-25-19-27(12-13-28(25)43-33)42-18-14-26-21-35-16-17-37(26)32(39)30-31(24-9-5-4-6-10-24)38(23-36-30)29-11-7-8-15-34(29,40)22-41-3/h4-6,9-10,12-13,19,23,26,29,35,40H,7-8,11,14-18,20-22H2,1-3H3/t26-,29-,34-/m1/s1. The van der Waals surface area contributed by atoms with Crippen molar-refractivity contribution < 1.29 is 24.1 Å². The molecule has 2 aliphatic heterocycles. The lowest BCUT2D eigenvalue weighted by atomic mass is 9.80. The molecule has 43 heavy (non-hydrogen) atoms. The molecule has 6 rings (SSSR count). The number of nitrogens with zero attached hydrogens (tertiary/aromatic N) is 3. The third-order valence-electron chi connectivity index (χ3n) is 9.10. The van der Waals surface area contributed by atoms with Crippen LogP contribution in [0, 0.1) is 0 Å². The van der Waals surface area contributed by atoms with Crippen LogP contribution in [0.4, 0.5) is 0 Å². The van der Waals surface area contributed by atoms with Crippen LogP contribution in [0.25, 0.3) is 11.3 Å². The topological polar surface area (TPSA) is 98.1 Å². The van der Waals surface area contributed by atoms with Crippen LogP contribution in [0.2, 0.25) is 0 Å². The minimum Gasteiger partial charge on any atom is -0.494 e. The van der Waals surface area contributed by atoms with Crippen LogP contribution in [0.1, 0.15) is 68.0 Å². The molecule has 1 aromatic heterocycles. The molecule has 9 heteroatoms. The predicted molar refractivity (Wildman–Crippen MR) is 165 cm³/mol. The van der Waals surface area contributed by atoms with Gasteiger partial charge in [0.1, 0.15) is 22.7 Å². The van der Waals surface area contributed by atoms with E-state index in [1.165, 1.54) is 0 Å². The first-order chi connectivity index (χ1) is 20.8. The molecule has 2 fully saturated rings. The molecule has 1 aliphatic carbocycles. The van der Waals surface area contributed by atoms with Crippen LogP contribution in [0.5, 0.6) is 11.5 Å². The summed E-state index contributed by atoms with van der Waals surface area (Å²) in [5.41, 5.74) is 2.03. The largest absolute Gasteiger partial charge is 0.494 e. The van der Waals surface area contributed by atoms with Gasteiger partial charge in [-0.2, -0.15) is 0 Å². The van der Waals surface area contributed by atoms with Gasteiger partial charge in [-0.1, -0.05) is 43.2 Å². The Morgan fingerprint density at radius 1 is 1.19 bits per heavy atom. The van der Waals surface area contributed by atoms with Gasteiger partial charge in [-0.3, -0.25) is 4.79 Å². The second-order valence-corrected chi connectivity index (χ2v) is 12.8. The highest BCUT2D eigenvalue weighted by molar-refractivity contribution is 5.98. The van der Waals surface area contributed by atoms with E-state index in [0.29, 0.717) is 38.2 Å². The number of fused-ring (bicyclic) bond motifs is 1. The number of benzene rings is 2. The van der Waals surface area contributed by atoms with Gasteiger partial charge in [0.05, 0.1) is 31.3 Å². The van der Waals surface area contributed by atoms with Gasteiger partial charge in [-0.15, -0.1) is 0 Å². The van der Waals surface area contributed by atoms with Crippen LogP contribution < -0.4 is 14.8 Å². The number of amides is 1. The van der Waals surface area contributed by atoms with Gasteiger partial charge in [-0.05, 0) is 44.9 Å². The molecular weight excluding hydrogens is 544 g/mol. The summed E-state index contributed by atoms with van der Waals surface area (Å²) in [5, 5.41) is 15.1. The molecule has 0 spiro atoms. The first kappa shape index (κ1) is 29.7. The lowest BCUT2D eigenvalue weighted by Crippen LogP contribution is -2.54. The number of imidazole rings is 1. The van der Waals surface area contributed by atoms with Gasteiger partial charge >= 0.3 is 0 Å². The zero-order valence-corrected chi connectivity index (χ0v) is 25.6. The molecule has 2 N–H and O–H groups in total. The fraction of sp³-hybridized carbons (Fsp3) is 0.529. The predicted octanol–water partition coefficient (Wildman–Crippen LogP) is 4.64. The maximum atomic E-state index is 14.3. The Balaban J connectivity index is 1.22. The molecule has 2 aromatic carbocycles. The molecule has 3 aromatic rings. The molecule has 0 unspecified atom stereocenters. The normalized spacial score (nSPS) is 24.8. The second kappa shape index (κ2) is 12.3. The first-order valence-electron chi connectivity index (χ1n) is 15.6. The molecular formula is C34H44N4O5.